The first kappa shape index (κ1) is 18.8. The van der Waals surface area contributed by atoms with Crippen molar-refractivity contribution in [2.75, 3.05) is 7.11 Å². The van der Waals surface area contributed by atoms with E-state index in [4.69, 9.17) is 21.4 Å². The maximum Gasteiger partial charge on any atom is 0.328 e. The van der Waals surface area contributed by atoms with Gasteiger partial charge in [0, 0.05) is 34.1 Å². The molecule has 3 rings (SSSR count). The number of hydrogen-bond acceptors (Lipinski definition) is 3. The average molecular weight is 384 g/mol. The van der Waals surface area contributed by atoms with Crippen molar-refractivity contribution < 1.29 is 19.7 Å². The van der Waals surface area contributed by atoms with Crippen LogP contribution in [0.5, 0.6) is 5.75 Å². The highest BCUT2D eigenvalue weighted by Gasteiger charge is 2.20. The number of rotatable bonds is 6. The molecule has 1 aromatic heterocycles. The number of aliphatic hydroxyl groups is 1. The summed E-state index contributed by atoms with van der Waals surface area (Å²) in [6, 6.07) is 16.0. The molecular formula is C21H18ClNO4. The molecule has 5 nitrogen and oxygen atoms in total. The van der Waals surface area contributed by atoms with E-state index in [9.17, 15) is 9.90 Å². The zero-order valence-corrected chi connectivity index (χ0v) is 15.3. The van der Waals surface area contributed by atoms with Gasteiger partial charge in [-0.1, -0.05) is 29.8 Å². The Morgan fingerprint density at radius 2 is 1.93 bits per heavy atom. The number of para-hydroxylation sites is 1. The number of carboxylic acids is 1. The third-order valence-electron chi connectivity index (χ3n) is 4.15. The molecule has 0 saturated heterocycles. The number of aromatic nitrogens is 1. The van der Waals surface area contributed by atoms with Crippen LogP contribution in [0.25, 0.3) is 11.8 Å². The summed E-state index contributed by atoms with van der Waals surface area (Å²) in [5.74, 6) is -0.470. The number of carbonyl (C=O) groups is 1. The van der Waals surface area contributed by atoms with Crippen LogP contribution in [0.15, 0.2) is 66.9 Å². The molecular weight excluding hydrogens is 366 g/mol. The predicted octanol–water partition coefficient (Wildman–Crippen LogP) is 4.32. The van der Waals surface area contributed by atoms with Crippen LogP contribution in [0.2, 0.25) is 5.02 Å². The van der Waals surface area contributed by atoms with Crippen LogP contribution >= 0.6 is 11.6 Å². The molecule has 27 heavy (non-hydrogen) atoms. The van der Waals surface area contributed by atoms with Gasteiger partial charge in [-0.3, -0.25) is 0 Å². The molecule has 3 aromatic rings. The number of methoxy groups -OCH3 is 1. The number of nitrogens with zero attached hydrogens (tertiary/aromatic N) is 1. The van der Waals surface area contributed by atoms with E-state index < -0.39 is 12.1 Å². The maximum absolute atomic E-state index is 11.1. The van der Waals surface area contributed by atoms with Gasteiger partial charge in [-0.15, -0.1) is 0 Å². The van der Waals surface area contributed by atoms with Gasteiger partial charge in [0.25, 0.3) is 0 Å². The van der Waals surface area contributed by atoms with Gasteiger partial charge in [-0.2, -0.15) is 0 Å². The maximum atomic E-state index is 11.1. The van der Waals surface area contributed by atoms with Crippen LogP contribution < -0.4 is 4.74 Å². The predicted molar refractivity (Wildman–Crippen MR) is 105 cm³/mol. The first-order valence-corrected chi connectivity index (χ1v) is 8.58. The Hall–Kier alpha value is -3.02. The smallest absolute Gasteiger partial charge is 0.328 e. The molecule has 0 aliphatic rings. The van der Waals surface area contributed by atoms with Gasteiger partial charge in [0.1, 0.15) is 11.9 Å². The number of carboxylic acid groups (broad SMARTS) is 1. The van der Waals surface area contributed by atoms with Crippen LogP contribution in [0.1, 0.15) is 22.9 Å². The molecule has 0 saturated carbocycles. The number of benzene rings is 2. The second-order valence-electron chi connectivity index (χ2n) is 5.82. The zero-order valence-electron chi connectivity index (χ0n) is 14.5. The second kappa shape index (κ2) is 8.12. The Kier molecular flexibility index (Phi) is 5.64. The summed E-state index contributed by atoms with van der Waals surface area (Å²) in [6.07, 6.45) is 3.38. The fourth-order valence-electron chi connectivity index (χ4n) is 2.93. The van der Waals surface area contributed by atoms with E-state index in [2.05, 4.69) is 0 Å². The molecule has 0 bridgehead atoms. The number of halogens is 1. The lowest BCUT2D eigenvalue weighted by Crippen LogP contribution is -2.08. The van der Waals surface area contributed by atoms with Gasteiger partial charge in [-0.05, 0) is 42.5 Å². The first-order chi connectivity index (χ1) is 13.0. The van der Waals surface area contributed by atoms with Gasteiger partial charge in [0.15, 0.2) is 0 Å². The Morgan fingerprint density at radius 1 is 1.15 bits per heavy atom. The number of aliphatic carboxylic acids is 1. The van der Waals surface area contributed by atoms with E-state index >= 15 is 0 Å². The Morgan fingerprint density at radius 3 is 2.67 bits per heavy atom. The summed E-state index contributed by atoms with van der Waals surface area (Å²) in [7, 11) is 1.55. The van der Waals surface area contributed by atoms with Crippen molar-refractivity contribution in [3.05, 3.63) is 88.7 Å². The topological polar surface area (TPSA) is 71.7 Å². The summed E-state index contributed by atoms with van der Waals surface area (Å²) in [5.41, 5.74) is 2.53. The Labute approximate surface area is 161 Å². The highest BCUT2D eigenvalue weighted by Crippen LogP contribution is 2.35. The quantitative estimate of drug-likeness (QED) is 0.622. The average Bonchev–Trinajstić information content (AvgIpc) is 3.14. The Bertz CT molecular complexity index is 993. The SMILES string of the molecule is COc1ccccc1C(O)c1cc(Cl)ccc1-n1cccc1/C=C/C(=O)O. The van der Waals surface area contributed by atoms with Crippen molar-refractivity contribution in [1.29, 1.82) is 0 Å². The molecule has 0 aliphatic heterocycles. The van der Waals surface area contributed by atoms with Crippen LogP contribution in [-0.4, -0.2) is 27.9 Å². The monoisotopic (exact) mass is 383 g/mol. The zero-order chi connectivity index (χ0) is 19.4. The van der Waals surface area contributed by atoms with E-state index in [-0.39, 0.29) is 0 Å². The molecule has 1 heterocycles. The molecule has 0 spiro atoms. The van der Waals surface area contributed by atoms with E-state index in [0.29, 0.717) is 33.3 Å². The lowest BCUT2D eigenvalue weighted by atomic mass is 9.98. The fourth-order valence-corrected chi connectivity index (χ4v) is 3.11. The molecule has 0 radical (unpaired) electrons. The van der Waals surface area contributed by atoms with E-state index in [1.54, 1.807) is 60.3 Å². The van der Waals surface area contributed by atoms with Crippen LogP contribution in [0.3, 0.4) is 0 Å². The molecule has 0 amide bonds. The van der Waals surface area contributed by atoms with Crippen molar-refractivity contribution in [3.8, 4) is 11.4 Å². The van der Waals surface area contributed by atoms with E-state index in [1.807, 2.05) is 12.1 Å². The molecule has 2 aromatic carbocycles. The molecule has 0 fully saturated rings. The summed E-state index contributed by atoms with van der Waals surface area (Å²) < 4.78 is 7.16. The van der Waals surface area contributed by atoms with Crippen LogP contribution in [-0.2, 0) is 4.79 Å². The minimum atomic E-state index is -1.03. The summed E-state index contributed by atoms with van der Waals surface area (Å²) in [4.78, 5) is 10.9. The summed E-state index contributed by atoms with van der Waals surface area (Å²) in [6.45, 7) is 0. The van der Waals surface area contributed by atoms with Crippen molar-refractivity contribution >= 4 is 23.6 Å². The minimum absolute atomic E-state index is 0.484. The van der Waals surface area contributed by atoms with E-state index in [1.165, 1.54) is 6.08 Å². The third-order valence-corrected chi connectivity index (χ3v) is 4.39. The number of ether oxygens (including phenoxy) is 1. The fraction of sp³-hybridized carbons (Fsp3) is 0.0952. The summed E-state index contributed by atoms with van der Waals surface area (Å²) >= 11 is 6.18. The number of aliphatic hydroxyl groups excluding tert-OH is 1. The lowest BCUT2D eigenvalue weighted by molar-refractivity contribution is -0.131. The van der Waals surface area contributed by atoms with E-state index in [0.717, 1.165) is 6.08 Å². The third kappa shape index (κ3) is 4.05. The molecule has 6 heteroatoms. The van der Waals surface area contributed by atoms with Crippen molar-refractivity contribution in [1.82, 2.24) is 4.57 Å². The second-order valence-corrected chi connectivity index (χ2v) is 6.26. The molecule has 0 aliphatic carbocycles. The van der Waals surface area contributed by atoms with Gasteiger partial charge in [-0.25, -0.2) is 4.79 Å². The highest BCUT2D eigenvalue weighted by atomic mass is 35.5. The van der Waals surface area contributed by atoms with Crippen LogP contribution in [0, 0.1) is 0 Å². The highest BCUT2D eigenvalue weighted by molar-refractivity contribution is 6.30. The van der Waals surface area contributed by atoms with Crippen molar-refractivity contribution in [3.63, 3.8) is 0 Å². The molecule has 1 unspecified atom stereocenters. The minimum Gasteiger partial charge on any atom is -0.496 e. The van der Waals surface area contributed by atoms with Gasteiger partial charge in [0.2, 0.25) is 0 Å². The Balaban J connectivity index is 2.13. The largest absolute Gasteiger partial charge is 0.496 e. The summed E-state index contributed by atoms with van der Waals surface area (Å²) in [5, 5.41) is 20.4. The van der Waals surface area contributed by atoms with Crippen LogP contribution in [0.4, 0.5) is 0 Å². The number of hydrogen-bond donors (Lipinski definition) is 2. The van der Waals surface area contributed by atoms with Gasteiger partial charge < -0.3 is 19.5 Å². The standard InChI is InChI=1S/C21H18ClNO4/c1-27-19-7-3-2-6-16(19)21(26)17-13-14(22)8-10-18(17)23-12-4-5-15(23)9-11-20(24)25/h2-13,21,26H,1H3,(H,24,25)/b11-9+. The normalized spacial score (nSPS) is 12.3. The first-order valence-electron chi connectivity index (χ1n) is 8.20. The van der Waals surface area contributed by atoms with Gasteiger partial charge in [0.05, 0.1) is 12.8 Å². The van der Waals surface area contributed by atoms with Crippen molar-refractivity contribution in [2.45, 2.75) is 6.10 Å². The lowest BCUT2D eigenvalue weighted by Gasteiger charge is -2.20. The molecule has 1 atom stereocenters. The molecule has 2 N–H and O–H groups in total. The molecule has 138 valence electrons. The van der Waals surface area contributed by atoms with Gasteiger partial charge >= 0.3 is 5.97 Å². The van der Waals surface area contributed by atoms with Crippen molar-refractivity contribution in [2.24, 2.45) is 0 Å².